The minimum absolute atomic E-state index is 0.119. The van der Waals surface area contributed by atoms with Crippen molar-refractivity contribution >= 4 is 17.5 Å². The van der Waals surface area contributed by atoms with Gasteiger partial charge in [-0.1, -0.05) is 160 Å². The standard InChI is InChI=1S/C44H45N3O3/c1-43(2,3)28-36-44(34-26-16-17-27-35(34)46-42(44)50)37(31-20-10-5-11-21-31)39(41(49)45-29-30-18-8-4-9-19-30)47(36)38(32-22-12-6-13-23-32)40(48)33-24-14-7-15-25-33/h4-27,36-40,48H,28-29H2,1-3H3,(H,45,49)(H,46,50)/t36-,37+,38-,39-,40+,44+/m1/s1. The van der Waals surface area contributed by atoms with Gasteiger partial charge in [0.05, 0.1) is 18.2 Å². The zero-order valence-electron chi connectivity index (χ0n) is 28.9. The van der Waals surface area contributed by atoms with Crippen LogP contribution in [0.3, 0.4) is 0 Å². The van der Waals surface area contributed by atoms with E-state index in [0.717, 1.165) is 33.5 Å². The first-order valence-electron chi connectivity index (χ1n) is 17.5. The van der Waals surface area contributed by atoms with Crippen LogP contribution in [0.1, 0.15) is 73.1 Å². The molecule has 0 aromatic heterocycles. The number of anilines is 1. The quantitative estimate of drug-likeness (QED) is 0.150. The Hall–Kier alpha value is -5.04. The van der Waals surface area contributed by atoms with Crippen molar-refractivity contribution in [2.75, 3.05) is 5.32 Å². The molecule has 0 bridgehead atoms. The molecule has 1 fully saturated rings. The normalized spacial score (nSPS) is 22.9. The molecule has 5 aromatic rings. The van der Waals surface area contributed by atoms with Gasteiger partial charge in [0.25, 0.3) is 0 Å². The van der Waals surface area contributed by atoms with E-state index >= 15 is 9.59 Å². The van der Waals surface area contributed by atoms with Crippen LogP contribution in [0, 0.1) is 5.41 Å². The molecule has 2 heterocycles. The van der Waals surface area contributed by atoms with Crippen LogP contribution in [-0.2, 0) is 21.5 Å². The number of fused-ring (bicyclic) bond motifs is 2. The summed E-state index contributed by atoms with van der Waals surface area (Å²) in [5.41, 5.74) is 3.76. The van der Waals surface area contributed by atoms with Crippen molar-refractivity contribution in [3.63, 3.8) is 0 Å². The van der Waals surface area contributed by atoms with Crippen LogP contribution >= 0.6 is 0 Å². The van der Waals surface area contributed by atoms with Gasteiger partial charge in [-0.3, -0.25) is 14.5 Å². The number of hydrogen-bond acceptors (Lipinski definition) is 4. The van der Waals surface area contributed by atoms with E-state index in [0.29, 0.717) is 13.0 Å². The molecule has 254 valence electrons. The summed E-state index contributed by atoms with van der Waals surface area (Å²) in [4.78, 5) is 32.5. The fourth-order valence-electron chi connectivity index (χ4n) is 8.49. The molecule has 50 heavy (non-hydrogen) atoms. The molecule has 2 aliphatic rings. The van der Waals surface area contributed by atoms with Gasteiger partial charge in [0, 0.05) is 24.2 Å². The van der Waals surface area contributed by atoms with E-state index in [9.17, 15) is 5.11 Å². The number of para-hydroxylation sites is 1. The molecule has 0 unspecified atom stereocenters. The van der Waals surface area contributed by atoms with E-state index in [2.05, 4.69) is 36.3 Å². The molecule has 0 saturated carbocycles. The lowest BCUT2D eigenvalue weighted by Gasteiger charge is -2.44. The maximum absolute atomic E-state index is 15.2. The summed E-state index contributed by atoms with van der Waals surface area (Å²) in [5, 5.41) is 19.1. The van der Waals surface area contributed by atoms with Crippen molar-refractivity contribution < 1.29 is 14.7 Å². The molecule has 3 N–H and O–H groups in total. The highest BCUT2D eigenvalue weighted by Gasteiger charge is 2.70. The first kappa shape index (κ1) is 33.5. The fourth-order valence-corrected chi connectivity index (χ4v) is 8.49. The monoisotopic (exact) mass is 663 g/mol. The third kappa shape index (κ3) is 6.03. The highest BCUT2D eigenvalue weighted by atomic mass is 16.3. The van der Waals surface area contributed by atoms with E-state index in [-0.39, 0.29) is 17.2 Å². The van der Waals surface area contributed by atoms with Crippen molar-refractivity contribution in [2.24, 2.45) is 5.41 Å². The molecule has 0 aliphatic carbocycles. The summed E-state index contributed by atoms with van der Waals surface area (Å²) >= 11 is 0. The number of carbonyl (C=O) groups excluding carboxylic acids is 2. The number of aliphatic hydroxyl groups excluding tert-OH is 1. The summed E-state index contributed by atoms with van der Waals surface area (Å²) in [5.74, 6) is -0.882. The van der Waals surface area contributed by atoms with Crippen LogP contribution in [0.4, 0.5) is 5.69 Å². The highest BCUT2D eigenvalue weighted by Crippen LogP contribution is 2.62. The van der Waals surface area contributed by atoms with E-state index in [1.165, 1.54) is 0 Å². The van der Waals surface area contributed by atoms with Crippen molar-refractivity contribution in [2.45, 2.75) is 69.3 Å². The SMILES string of the molecule is CC(C)(C)C[C@H]1N([C@H](c2ccccc2)[C@@H](O)c2ccccc2)[C@@H](C(=O)NCc2ccccc2)[C@H](c2ccccc2)[C@@]12C(=O)Nc1ccccc12. The first-order valence-corrected chi connectivity index (χ1v) is 17.5. The number of nitrogens with zero attached hydrogens (tertiary/aromatic N) is 1. The topological polar surface area (TPSA) is 81.7 Å². The second-order valence-electron chi connectivity index (χ2n) is 14.8. The maximum Gasteiger partial charge on any atom is 0.238 e. The second-order valence-corrected chi connectivity index (χ2v) is 14.8. The summed E-state index contributed by atoms with van der Waals surface area (Å²) in [6.07, 6.45) is -0.414. The van der Waals surface area contributed by atoms with Gasteiger partial charge in [0.1, 0.15) is 5.41 Å². The molecule has 2 amide bonds. The Kier molecular flexibility index (Phi) is 9.17. The Morgan fingerprint density at radius 1 is 0.780 bits per heavy atom. The molecule has 6 heteroatoms. The second kappa shape index (κ2) is 13.7. The van der Waals surface area contributed by atoms with E-state index in [1.54, 1.807) is 0 Å². The van der Waals surface area contributed by atoms with Gasteiger partial charge < -0.3 is 15.7 Å². The third-order valence-corrected chi connectivity index (χ3v) is 10.5. The van der Waals surface area contributed by atoms with Gasteiger partial charge in [-0.05, 0) is 45.7 Å². The fraction of sp³-hybridized carbons (Fsp3) is 0.273. The van der Waals surface area contributed by atoms with Crippen molar-refractivity contribution in [1.29, 1.82) is 0 Å². The molecule has 5 aromatic carbocycles. The molecule has 1 spiro atoms. The van der Waals surface area contributed by atoms with Crippen LogP contribution in [-0.4, -0.2) is 33.9 Å². The third-order valence-electron chi connectivity index (χ3n) is 10.5. The average Bonchev–Trinajstić information content (AvgIpc) is 3.59. The number of rotatable bonds is 9. The number of likely N-dealkylation sites (tertiary alicyclic amines) is 1. The summed E-state index contributed by atoms with van der Waals surface area (Å²) < 4.78 is 0. The summed E-state index contributed by atoms with van der Waals surface area (Å²) in [6.45, 7) is 6.89. The zero-order chi connectivity index (χ0) is 34.9. The summed E-state index contributed by atoms with van der Waals surface area (Å²) in [6, 6.07) is 45.5. The zero-order valence-corrected chi connectivity index (χ0v) is 28.9. The minimum atomic E-state index is -1.15. The smallest absolute Gasteiger partial charge is 0.238 e. The highest BCUT2D eigenvalue weighted by molar-refractivity contribution is 6.09. The molecule has 6 nitrogen and oxygen atoms in total. The Bertz CT molecular complexity index is 1930. The number of hydrogen-bond donors (Lipinski definition) is 3. The number of nitrogens with one attached hydrogen (secondary N) is 2. The van der Waals surface area contributed by atoms with E-state index in [4.69, 9.17) is 0 Å². The average molecular weight is 664 g/mol. The molecular weight excluding hydrogens is 619 g/mol. The molecule has 1 saturated heterocycles. The number of carbonyl (C=O) groups is 2. The lowest BCUT2D eigenvalue weighted by molar-refractivity contribution is -0.129. The number of benzene rings is 5. The predicted molar refractivity (Wildman–Crippen MR) is 198 cm³/mol. The Morgan fingerprint density at radius 2 is 1.32 bits per heavy atom. The molecule has 6 atom stereocenters. The van der Waals surface area contributed by atoms with Gasteiger partial charge >= 0.3 is 0 Å². The van der Waals surface area contributed by atoms with Crippen LogP contribution in [0.15, 0.2) is 146 Å². The Labute approximate surface area is 295 Å². The van der Waals surface area contributed by atoms with Gasteiger partial charge in [0.2, 0.25) is 11.8 Å². The largest absolute Gasteiger partial charge is 0.386 e. The van der Waals surface area contributed by atoms with Gasteiger partial charge in [-0.15, -0.1) is 0 Å². The number of amides is 2. The Balaban J connectivity index is 1.52. The lowest BCUT2D eigenvalue weighted by Crippen LogP contribution is -2.53. The van der Waals surface area contributed by atoms with Crippen LogP contribution < -0.4 is 10.6 Å². The van der Waals surface area contributed by atoms with Crippen LogP contribution in [0.5, 0.6) is 0 Å². The lowest BCUT2D eigenvalue weighted by atomic mass is 9.62. The maximum atomic E-state index is 15.2. The molecule has 0 radical (unpaired) electrons. The Morgan fingerprint density at radius 3 is 1.94 bits per heavy atom. The van der Waals surface area contributed by atoms with Crippen molar-refractivity contribution in [3.05, 3.63) is 173 Å². The van der Waals surface area contributed by atoms with Gasteiger partial charge in [-0.2, -0.15) is 0 Å². The van der Waals surface area contributed by atoms with Gasteiger partial charge in [-0.25, -0.2) is 0 Å². The van der Waals surface area contributed by atoms with Gasteiger partial charge in [0.15, 0.2) is 0 Å². The molecular formula is C44H45N3O3. The summed E-state index contributed by atoms with van der Waals surface area (Å²) in [7, 11) is 0. The van der Waals surface area contributed by atoms with Crippen LogP contribution in [0.2, 0.25) is 0 Å². The molecule has 2 aliphatic heterocycles. The van der Waals surface area contributed by atoms with Crippen molar-refractivity contribution in [1.82, 2.24) is 10.2 Å². The van der Waals surface area contributed by atoms with Crippen LogP contribution in [0.25, 0.3) is 0 Å². The van der Waals surface area contributed by atoms with E-state index < -0.39 is 35.6 Å². The molecule has 7 rings (SSSR count). The minimum Gasteiger partial charge on any atom is -0.386 e. The number of aliphatic hydroxyl groups is 1. The predicted octanol–water partition coefficient (Wildman–Crippen LogP) is 7.94. The van der Waals surface area contributed by atoms with E-state index in [1.807, 2.05) is 146 Å². The first-order chi connectivity index (χ1) is 24.2. The van der Waals surface area contributed by atoms with Crippen molar-refractivity contribution in [3.8, 4) is 0 Å².